The number of piperidine rings is 1. The van der Waals surface area contributed by atoms with Crippen LogP contribution in [0.25, 0.3) is 11.3 Å². The van der Waals surface area contributed by atoms with Gasteiger partial charge in [0.2, 0.25) is 0 Å². The molecule has 1 aromatic heterocycles. The molecule has 6 heteroatoms. The lowest BCUT2D eigenvalue weighted by molar-refractivity contribution is 0.0930. The first-order valence-corrected chi connectivity index (χ1v) is 9.09. The number of pyridine rings is 1. The van der Waals surface area contributed by atoms with Gasteiger partial charge in [-0.25, -0.2) is 0 Å². The van der Waals surface area contributed by atoms with Crippen LogP contribution in [0.1, 0.15) is 23.2 Å². The van der Waals surface area contributed by atoms with E-state index in [0.29, 0.717) is 23.7 Å². The van der Waals surface area contributed by atoms with E-state index in [1.165, 1.54) is 0 Å². The van der Waals surface area contributed by atoms with Gasteiger partial charge in [0.25, 0.3) is 5.91 Å². The molecule has 2 heterocycles. The number of nitrogens with two attached hydrogens (primary N) is 1. The second-order valence-electron chi connectivity index (χ2n) is 6.80. The zero-order chi connectivity index (χ0) is 18.4. The Morgan fingerprint density at radius 3 is 2.85 bits per heavy atom. The molecular formula is C20H26N4O2. The number of benzene rings is 1. The molecule has 1 fully saturated rings. The molecule has 4 N–H and O–H groups in total. The van der Waals surface area contributed by atoms with Gasteiger partial charge in [0, 0.05) is 49.3 Å². The van der Waals surface area contributed by atoms with Gasteiger partial charge in [-0.15, -0.1) is 0 Å². The van der Waals surface area contributed by atoms with E-state index < -0.39 is 0 Å². The average molecular weight is 354 g/mol. The van der Waals surface area contributed by atoms with Crippen LogP contribution in [0.3, 0.4) is 0 Å². The molecular weight excluding hydrogens is 328 g/mol. The summed E-state index contributed by atoms with van der Waals surface area (Å²) in [6.45, 7) is 3.61. The van der Waals surface area contributed by atoms with E-state index in [0.717, 1.165) is 43.7 Å². The van der Waals surface area contributed by atoms with Gasteiger partial charge < -0.3 is 21.1 Å². The van der Waals surface area contributed by atoms with Crippen molar-refractivity contribution in [3.63, 3.8) is 0 Å². The van der Waals surface area contributed by atoms with Gasteiger partial charge in [0.15, 0.2) is 0 Å². The summed E-state index contributed by atoms with van der Waals surface area (Å²) < 4.78 is 0. The van der Waals surface area contributed by atoms with Gasteiger partial charge in [-0.05, 0) is 49.6 Å². The van der Waals surface area contributed by atoms with Crippen LogP contribution in [0.5, 0.6) is 0 Å². The summed E-state index contributed by atoms with van der Waals surface area (Å²) in [5, 5.41) is 12.3. The minimum absolute atomic E-state index is 0.0761. The maximum absolute atomic E-state index is 12.3. The summed E-state index contributed by atoms with van der Waals surface area (Å²) >= 11 is 0. The number of nitrogens with one attached hydrogen (secondary N) is 1. The van der Waals surface area contributed by atoms with E-state index >= 15 is 0 Å². The number of aromatic nitrogens is 1. The van der Waals surface area contributed by atoms with Crippen molar-refractivity contribution in [3.05, 3.63) is 48.2 Å². The van der Waals surface area contributed by atoms with Gasteiger partial charge in [-0.3, -0.25) is 9.78 Å². The molecule has 26 heavy (non-hydrogen) atoms. The van der Waals surface area contributed by atoms with E-state index in [1.54, 1.807) is 24.4 Å². The van der Waals surface area contributed by atoms with Crippen LogP contribution in [0.15, 0.2) is 42.6 Å². The summed E-state index contributed by atoms with van der Waals surface area (Å²) in [5.41, 5.74) is 8.80. The first-order valence-electron chi connectivity index (χ1n) is 9.09. The molecule has 6 nitrogen and oxygen atoms in total. The number of hydrogen-bond acceptors (Lipinski definition) is 5. The van der Waals surface area contributed by atoms with E-state index in [9.17, 15) is 9.90 Å². The van der Waals surface area contributed by atoms with E-state index in [-0.39, 0.29) is 12.5 Å². The summed E-state index contributed by atoms with van der Waals surface area (Å²) in [7, 11) is 0. The number of aliphatic hydroxyl groups excluding tert-OH is 1. The fraction of sp³-hybridized carbons (Fsp3) is 0.400. The third-order valence-corrected chi connectivity index (χ3v) is 4.80. The molecule has 1 amide bonds. The predicted octanol–water partition coefficient (Wildman–Crippen LogP) is 1.76. The quantitative estimate of drug-likeness (QED) is 0.735. The number of carbonyl (C=O) groups excluding carboxylic acids is 1. The largest absolute Gasteiger partial charge is 0.399 e. The molecule has 1 saturated heterocycles. The Balaban J connectivity index is 1.50. The number of hydrogen-bond donors (Lipinski definition) is 3. The molecule has 1 aliphatic heterocycles. The topological polar surface area (TPSA) is 91.5 Å². The first-order chi connectivity index (χ1) is 12.7. The summed E-state index contributed by atoms with van der Waals surface area (Å²) in [4.78, 5) is 18.9. The first kappa shape index (κ1) is 18.4. The fourth-order valence-corrected chi connectivity index (χ4v) is 3.33. The van der Waals surface area contributed by atoms with Crippen molar-refractivity contribution >= 4 is 11.6 Å². The molecule has 138 valence electrons. The molecule has 0 aliphatic carbocycles. The molecule has 2 aromatic rings. The normalized spacial score (nSPS) is 17.8. The second-order valence-corrected chi connectivity index (χ2v) is 6.80. The summed E-state index contributed by atoms with van der Waals surface area (Å²) in [6.07, 6.45) is 3.87. The van der Waals surface area contributed by atoms with Gasteiger partial charge in [0.05, 0.1) is 5.69 Å². The van der Waals surface area contributed by atoms with E-state index in [4.69, 9.17) is 5.73 Å². The van der Waals surface area contributed by atoms with E-state index in [1.807, 2.05) is 18.2 Å². The Morgan fingerprint density at radius 2 is 2.12 bits per heavy atom. The van der Waals surface area contributed by atoms with Gasteiger partial charge in [-0.2, -0.15) is 0 Å². The van der Waals surface area contributed by atoms with Gasteiger partial charge in [0.1, 0.15) is 0 Å². The standard InChI is InChI=1S/C20H26N4O2/c21-18-7-8-22-19(12-18)16-3-5-17(6-4-16)20(26)23-9-11-24-10-1-2-15(13-24)14-25/h3-8,12,15,25H,1-2,9-11,13-14H2,(H2,21,22)(H,23,26). The number of nitrogen functional groups attached to an aromatic ring is 1. The van der Waals surface area contributed by atoms with Crippen LogP contribution >= 0.6 is 0 Å². The van der Waals surface area contributed by atoms with Crippen molar-refractivity contribution in [2.45, 2.75) is 12.8 Å². The van der Waals surface area contributed by atoms with Crippen molar-refractivity contribution in [3.8, 4) is 11.3 Å². The highest BCUT2D eigenvalue weighted by molar-refractivity contribution is 5.94. The van der Waals surface area contributed by atoms with Gasteiger partial charge >= 0.3 is 0 Å². The van der Waals surface area contributed by atoms with Crippen LogP contribution in [-0.4, -0.2) is 53.7 Å². The van der Waals surface area contributed by atoms with Crippen LogP contribution < -0.4 is 11.1 Å². The molecule has 1 aliphatic rings. The maximum atomic E-state index is 12.3. The van der Waals surface area contributed by atoms with Crippen molar-refractivity contribution < 1.29 is 9.90 Å². The fourth-order valence-electron chi connectivity index (χ4n) is 3.33. The third kappa shape index (κ3) is 4.80. The number of nitrogens with zero attached hydrogens (tertiary/aromatic N) is 2. The molecule has 1 atom stereocenters. The Hall–Kier alpha value is -2.44. The molecule has 0 saturated carbocycles. The van der Waals surface area contributed by atoms with Crippen LogP contribution in [0.2, 0.25) is 0 Å². The Bertz CT molecular complexity index is 733. The molecule has 0 bridgehead atoms. The Morgan fingerprint density at radius 1 is 1.31 bits per heavy atom. The zero-order valence-corrected chi connectivity index (χ0v) is 14.9. The van der Waals surface area contributed by atoms with Crippen molar-refractivity contribution in [2.24, 2.45) is 5.92 Å². The molecule has 0 radical (unpaired) electrons. The molecule has 1 aromatic carbocycles. The van der Waals surface area contributed by atoms with E-state index in [2.05, 4.69) is 15.2 Å². The van der Waals surface area contributed by atoms with Crippen molar-refractivity contribution in [1.82, 2.24) is 15.2 Å². The summed E-state index contributed by atoms with van der Waals surface area (Å²) in [5.74, 6) is 0.292. The monoisotopic (exact) mass is 354 g/mol. The van der Waals surface area contributed by atoms with Crippen molar-refractivity contribution in [2.75, 3.05) is 38.5 Å². The number of aliphatic hydroxyl groups is 1. The minimum atomic E-state index is -0.0761. The molecule has 3 rings (SSSR count). The highest BCUT2D eigenvalue weighted by Gasteiger charge is 2.18. The number of anilines is 1. The highest BCUT2D eigenvalue weighted by atomic mass is 16.3. The zero-order valence-electron chi connectivity index (χ0n) is 14.9. The van der Waals surface area contributed by atoms with Crippen molar-refractivity contribution in [1.29, 1.82) is 0 Å². The lowest BCUT2D eigenvalue weighted by Gasteiger charge is -2.31. The SMILES string of the molecule is Nc1ccnc(-c2ccc(C(=O)NCCN3CCCC(CO)C3)cc2)c1. The lowest BCUT2D eigenvalue weighted by atomic mass is 9.99. The minimum Gasteiger partial charge on any atom is -0.399 e. The number of carbonyl (C=O) groups is 1. The third-order valence-electron chi connectivity index (χ3n) is 4.80. The predicted molar refractivity (Wildman–Crippen MR) is 103 cm³/mol. The number of rotatable bonds is 6. The Labute approximate surface area is 154 Å². The number of likely N-dealkylation sites (tertiary alicyclic amines) is 1. The van der Waals surface area contributed by atoms with Crippen LogP contribution in [-0.2, 0) is 0 Å². The maximum Gasteiger partial charge on any atom is 0.251 e. The smallest absolute Gasteiger partial charge is 0.251 e. The molecule has 0 spiro atoms. The second kappa shape index (κ2) is 8.78. The van der Waals surface area contributed by atoms with Crippen LogP contribution in [0, 0.1) is 5.92 Å². The lowest BCUT2D eigenvalue weighted by Crippen LogP contribution is -2.41. The highest BCUT2D eigenvalue weighted by Crippen LogP contribution is 2.19. The van der Waals surface area contributed by atoms with Gasteiger partial charge in [-0.1, -0.05) is 12.1 Å². The Kier molecular flexibility index (Phi) is 6.20. The van der Waals surface area contributed by atoms with Crippen LogP contribution in [0.4, 0.5) is 5.69 Å². The average Bonchev–Trinajstić information content (AvgIpc) is 2.68. The number of amides is 1. The summed E-state index contributed by atoms with van der Waals surface area (Å²) in [6, 6.07) is 10.9. The molecule has 1 unspecified atom stereocenters.